The standard InChI is InChI=1S/C28H30F2O6S2/c1-4-8-23-19-34-27(3,36-23)21-11-15-25(16-12-21)37(24-9-6-5-7-10-24)26-17-13-22(14-18-26)35-20(2)28(29,30)38(31,32)33/h5-7,9-18,20,23H,4,8,19H2,1-3H3/p+1. The molecular weight excluding hydrogens is 534 g/mol. The lowest BCUT2D eigenvalue weighted by Gasteiger charge is -2.24. The minimum Gasteiger partial charge on any atom is -0.483 e. The monoisotopic (exact) mass is 565 g/mol. The maximum absolute atomic E-state index is 13.9. The summed E-state index contributed by atoms with van der Waals surface area (Å²) in [7, 11) is -6.13. The molecule has 1 fully saturated rings. The molecule has 0 bridgehead atoms. The van der Waals surface area contributed by atoms with E-state index in [1.165, 1.54) is 12.1 Å². The summed E-state index contributed by atoms with van der Waals surface area (Å²) in [5.74, 6) is -0.745. The molecule has 0 amide bonds. The van der Waals surface area contributed by atoms with E-state index in [0.29, 0.717) is 6.61 Å². The van der Waals surface area contributed by atoms with Crippen molar-refractivity contribution < 1.29 is 36.0 Å². The van der Waals surface area contributed by atoms with Crippen LogP contribution in [0.25, 0.3) is 0 Å². The molecule has 10 heteroatoms. The Kier molecular flexibility index (Phi) is 8.49. The van der Waals surface area contributed by atoms with Crippen molar-refractivity contribution in [1.29, 1.82) is 0 Å². The van der Waals surface area contributed by atoms with Crippen molar-refractivity contribution in [2.45, 2.75) is 71.5 Å². The third kappa shape index (κ3) is 6.05. The summed E-state index contributed by atoms with van der Waals surface area (Å²) in [4.78, 5) is 3.00. The van der Waals surface area contributed by atoms with Crippen LogP contribution in [-0.4, -0.2) is 37.0 Å². The zero-order valence-corrected chi connectivity index (χ0v) is 23.0. The van der Waals surface area contributed by atoms with Crippen molar-refractivity contribution in [2.24, 2.45) is 0 Å². The molecular formula is C28H31F2O6S2+. The first-order chi connectivity index (χ1) is 17.9. The van der Waals surface area contributed by atoms with Crippen LogP contribution in [0.1, 0.15) is 39.2 Å². The van der Waals surface area contributed by atoms with Gasteiger partial charge >= 0.3 is 15.4 Å². The van der Waals surface area contributed by atoms with Gasteiger partial charge < -0.3 is 14.2 Å². The molecule has 3 aromatic rings. The molecule has 4 rings (SSSR count). The smallest absolute Gasteiger partial charge is 0.405 e. The van der Waals surface area contributed by atoms with Gasteiger partial charge in [0.1, 0.15) is 5.75 Å². The molecule has 0 aliphatic carbocycles. The number of benzene rings is 3. The molecule has 0 radical (unpaired) electrons. The highest BCUT2D eigenvalue weighted by atomic mass is 32.2. The van der Waals surface area contributed by atoms with E-state index < -0.39 is 38.2 Å². The van der Waals surface area contributed by atoms with Gasteiger partial charge in [0.2, 0.25) is 0 Å². The number of halogens is 2. The van der Waals surface area contributed by atoms with Gasteiger partial charge in [-0.1, -0.05) is 31.5 Å². The molecule has 1 aliphatic rings. The molecule has 3 aromatic carbocycles. The Morgan fingerprint density at radius 2 is 1.58 bits per heavy atom. The Bertz CT molecular complexity index is 1320. The molecule has 0 aromatic heterocycles. The van der Waals surface area contributed by atoms with E-state index in [1.807, 2.05) is 61.5 Å². The van der Waals surface area contributed by atoms with Crippen molar-refractivity contribution in [2.75, 3.05) is 6.61 Å². The third-order valence-electron chi connectivity index (χ3n) is 6.33. The summed E-state index contributed by atoms with van der Waals surface area (Å²) in [5.41, 5.74) is 0.925. The van der Waals surface area contributed by atoms with Gasteiger partial charge in [0.05, 0.1) is 23.6 Å². The molecule has 1 heterocycles. The minimum atomic E-state index is -5.61. The fourth-order valence-corrected chi connectivity index (χ4v) is 6.78. The van der Waals surface area contributed by atoms with Crippen LogP contribution in [0.15, 0.2) is 93.5 Å². The summed E-state index contributed by atoms with van der Waals surface area (Å²) in [6.07, 6.45) is -0.0443. The van der Waals surface area contributed by atoms with E-state index in [4.69, 9.17) is 18.8 Å². The number of rotatable bonds is 10. The predicted octanol–water partition coefficient (Wildman–Crippen LogP) is 6.42. The van der Waals surface area contributed by atoms with E-state index >= 15 is 0 Å². The average Bonchev–Trinajstić information content (AvgIpc) is 3.27. The van der Waals surface area contributed by atoms with Crippen molar-refractivity contribution in [1.82, 2.24) is 0 Å². The molecule has 38 heavy (non-hydrogen) atoms. The maximum Gasteiger partial charge on any atom is 0.405 e. The molecule has 1 saturated heterocycles. The first-order valence-electron chi connectivity index (χ1n) is 12.3. The van der Waals surface area contributed by atoms with Crippen LogP contribution in [0.3, 0.4) is 0 Å². The van der Waals surface area contributed by atoms with Gasteiger partial charge in [-0.15, -0.1) is 0 Å². The van der Waals surface area contributed by atoms with Crippen molar-refractivity contribution in [3.63, 3.8) is 0 Å². The zero-order valence-electron chi connectivity index (χ0n) is 21.3. The Balaban J connectivity index is 1.59. The van der Waals surface area contributed by atoms with E-state index in [9.17, 15) is 17.2 Å². The largest absolute Gasteiger partial charge is 0.483 e. The summed E-state index contributed by atoms with van der Waals surface area (Å²) in [5, 5.41) is -4.44. The second-order valence-electron chi connectivity index (χ2n) is 9.20. The SMILES string of the molecule is CCCC1COC(C)(c2ccc([S+](c3ccccc3)c3ccc(OC(C)C(F)(F)S(=O)(=O)O)cc3)cc2)O1. The molecule has 204 valence electrons. The van der Waals surface area contributed by atoms with Gasteiger partial charge in [0.15, 0.2) is 26.6 Å². The average molecular weight is 566 g/mol. The van der Waals surface area contributed by atoms with Crippen LogP contribution < -0.4 is 4.74 Å². The molecule has 4 unspecified atom stereocenters. The number of hydrogen-bond acceptors (Lipinski definition) is 5. The topological polar surface area (TPSA) is 82.1 Å². The normalized spacial score (nSPS) is 21.7. The fraction of sp³-hybridized carbons (Fsp3) is 0.357. The number of ether oxygens (including phenoxy) is 3. The van der Waals surface area contributed by atoms with Crippen LogP contribution >= 0.6 is 0 Å². The highest BCUT2D eigenvalue weighted by Gasteiger charge is 2.51. The lowest BCUT2D eigenvalue weighted by molar-refractivity contribution is -0.162. The molecule has 1 N–H and O–H groups in total. The predicted molar refractivity (Wildman–Crippen MR) is 141 cm³/mol. The van der Waals surface area contributed by atoms with Gasteiger partial charge in [-0.05, 0) is 80.9 Å². The van der Waals surface area contributed by atoms with Gasteiger partial charge in [-0.3, -0.25) is 4.55 Å². The fourth-order valence-electron chi connectivity index (χ4n) is 4.25. The quantitative estimate of drug-likeness (QED) is 0.226. The van der Waals surface area contributed by atoms with Crippen LogP contribution in [0.2, 0.25) is 0 Å². The lowest BCUT2D eigenvalue weighted by Crippen LogP contribution is -2.42. The van der Waals surface area contributed by atoms with Crippen LogP contribution in [-0.2, 0) is 36.3 Å². The van der Waals surface area contributed by atoms with Gasteiger partial charge in [0, 0.05) is 5.56 Å². The van der Waals surface area contributed by atoms with Crippen LogP contribution in [0.4, 0.5) is 8.78 Å². The first-order valence-corrected chi connectivity index (χ1v) is 14.9. The zero-order chi connectivity index (χ0) is 27.6. The second-order valence-corrected chi connectivity index (χ2v) is 12.7. The molecule has 0 spiro atoms. The Morgan fingerprint density at radius 1 is 1.03 bits per heavy atom. The highest BCUT2D eigenvalue weighted by Crippen LogP contribution is 2.38. The van der Waals surface area contributed by atoms with E-state index in [1.54, 1.807) is 12.1 Å². The first kappa shape index (κ1) is 28.5. The number of hydrogen-bond donors (Lipinski definition) is 1. The highest BCUT2D eigenvalue weighted by molar-refractivity contribution is 7.97. The van der Waals surface area contributed by atoms with Crippen molar-refractivity contribution in [3.05, 3.63) is 84.4 Å². The Morgan fingerprint density at radius 3 is 2.13 bits per heavy atom. The van der Waals surface area contributed by atoms with E-state index in [-0.39, 0.29) is 11.9 Å². The second kappa shape index (κ2) is 11.3. The molecule has 4 atom stereocenters. The Hall–Kier alpha value is -2.50. The Labute approximate surface area is 225 Å². The van der Waals surface area contributed by atoms with Crippen LogP contribution in [0, 0.1) is 0 Å². The van der Waals surface area contributed by atoms with Crippen molar-refractivity contribution >= 4 is 21.0 Å². The summed E-state index contributed by atoms with van der Waals surface area (Å²) in [6.45, 7) is 5.50. The minimum absolute atomic E-state index is 0.0571. The van der Waals surface area contributed by atoms with Crippen LogP contribution in [0.5, 0.6) is 5.75 Å². The summed E-state index contributed by atoms with van der Waals surface area (Å²) >= 11 is 0. The molecule has 6 nitrogen and oxygen atoms in total. The van der Waals surface area contributed by atoms with E-state index in [2.05, 4.69) is 6.92 Å². The van der Waals surface area contributed by atoms with Gasteiger partial charge in [-0.25, -0.2) is 0 Å². The maximum atomic E-state index is 13.9. The van der Waals surface area contributed by atoms with Gasteiger partial charge in [0.25, 0.3) is 0 Å². The van der Waals surface area contributed by atoms with Gasteiger partial charge in [-0.2, -0.15) is 17.2 Å². The van der Waals surface area contributed by atoms with Crippen molar-refractivity contribution in [3.8, 4) is 5.75 Å². The van der Waals surface area contributed by atoms with E-state index in [0.717, 1.165) is 40.0 Å². The third-order valence-corrected chi connectivity index (χ3v) is 9.58. The lowest BCUT2D eigenvalue weighted by atomic mass is 10.1. The molecule has 1 aliphatic heterocycles. The summed E-state index contributed by atoms with van der Waals surface area (Å²) < 4.78 is 76.1. The number of alkyl halides is 2. The summed E-state index contributed by atoms with van der Waals surface area (Å²) in [6, 6.07) is 24.5. The molecule has 0 saturated carbocycles.